The van der Waals surface area contributed by atoms with E-state index in [1.165, 1.54) is 11.3 Å². The van der Waals surface area contributed by atoms with Crippen LogP contribution in [0.2, 0.25) is 0 Å². The minimum Gasteiger partial charge on any atom is -0.497 e. The summed E-state index contributed by atoms with van der Waals surface area (Å²) in [5.41, 5.74) is 0.782. The number of methoxy groups -OCH3 is 1. The van der Waals surface area contributed by atoms with Crippen molar-refractivity contribution in [2.45, 2.75) is 18.9 Å². The van der Waals surface area contributed by atoms with Crippen LogP contribution in [0.15, 0.2) is 57.7 Å². The smallest absolute Gasteiger partial charge is 0.349 e. The number of piperidine rings is 1. The zero-order chi connectivity index (χ0) is 21.4. The average molecular weight is 436 g/mol. The highest BCUT2D eigenvalue weighted by Gasteiger charge is 2.27. The molecule has 2 aromatic heterocycles. The molecule has 1 fully saturated rings. The lowest BCUT2D eigenvalue weighted by Gasteiger charge is -2.31. The van der Waals surface area contributed by atoms with E-state index in [0.29, 0.717) is 36.7 Å². The van der Waals surface area contributed by atoms with E-state index in [1.54, 1.807) is 30.2 Å². The maximum Gasteiger partial charge on any atom is 0.349 e. The Morgan fingerprint density at radius 3 is 2.77 bits per heavy atom. The molecule has 0 spiro atoms. The monoisotopic (exact) mass is 436 g/mol. The van der Waals surface area contributed by atoms with Gasteiger partial charge in [0.05, 0.1) is 17.3 Å². The third-order valence-electron chi connectivity index (χ3n) is 5.44. The van der Waals surface area contributed by atoms with Crippen molar-refractivity contribution in [1.29, 1.82) is 0 Å². The van der Waals surface area contributed by atoms with Crippen LogP contribution in [0.5, 0.6) is 10.9 Å². The van der Waals surface area contributed by atoms with Gasteiger partial charge < -0.3 is 18.8 Å². The average Bonchev–Trinajstić information content (AvgIpc) is 3.20. The van der Waals surface area contributed by atoms with Crippen molar-refractivity contribution in [2.75, 3.05) is 20.2 Å². The molecule has 7 nitrogen and oxygen atoms in total. The van der Waals surface area contributed by atoms with Gasteiger partial charge in [0.2, 0.25) is 0 Å². The molecule has 1 aliphatic heterocycles. The van der Waals surface area contributed by atoms with Crippen LogP contribution in [-0.4, -0.2) is 42.1 Å². The van der Waals surface area contributed by atoms with Gasteiger partial charge in [0.1, 0.15) is 23.0 Å². The first-order valence-electron chi connectivity index (χ1n) is 10.0. The molecule has 8 heteroatoms. The van der Waals surface area contributed by atoms with Gasteiger partial charge in [-0.25, -0.2) is 9.78 Å². The van der Waals surface area contributed by atoms with E-state index in [2.05, 4.69) is 4.98 Å². The standard InChI is InChI=1S/C23H20N2O5S/c1-28-16-6-7-20-18(13-16)24-23(31-20)29-15-8-10-25(11-9-15)21(26)17-12-14-4-2-3-5-19(14)30-22(17)27/h2-7,12-13,15H,8-11H2,1H3. The first kappa shape index (κ1) is 19.6. The lowest BCUT2D eigenvalue weighted by Crippen LogP contribution is -2.43. The molecular weight excluding hydrogens is 416 g/mol. The normalized spacial score (nSPS) is 14.8. The summed E-state index contributed by atoms with van der Waals surface area (Å²) in [6.07, 6.45) is 1.31. The molecular formula is C23H20N2O5S. The number of amides is 1. The first-order valence-corrected chi connectivity index (χ1v) is 10.9. The summed E-state index contributed by atoms with van der Waals surface area (Å²) in [7, 11) is 1.63. The summed E-state index contributed by atoms with van der Waals surface area (Å²) in [4.78, 5) is 31.4. The molecule has 0 unspecified atom stereocenters. The molecule has 0 saturated carbocycles. The third-order valence-corrected chi connectivity index (χ3v) is 6.37. The number of hydrogen-bond donors (Lipinski definition) is 0. The Balaban J connectivity index is 1.25. The number of hydrogen-bond acceptors (Lipinski definition) is 7. The number of aromatic nitrogens is 1. The summed E-state index contributed by atoms with van der Waals surface area (Å²) in [6.45, 7) is 1.02. The lowest BCUT2D eigenvalue weighted by atomic mass is 10.1. The van der Waals surface area contributed by atoms with E-state index in [0.717, 1.165) is 21.4 Å². The van der Waals surface area contributed by atoms with Crippen molar-refractivity contribution in [3.63, 3.8) is 0 Å². The maximum absolute atomic E-state index is 12.9. The second-order valence-corrected chi connectivity index (χ2v) is 8.40. The van der Waals surface area contributed by atoms with Crippen LogP contribution in [0.3, 0.4) is 0 Å². The zero-order valence-corrected chi connectivity index (χ0v) is 17.7. The highest BCUT2D eigenvalue weighted by Crippen LogP contribution is 2.32. The fourth-order valence-corrected chi connectivity index (χ4v) is 4.63. The van der Waals surface area contributed by atoms with Crippen LogP contribution in [0.4, 0.5) is 0 Å². The van der Waals surface area contributed by atoms with Crippen LogP contribution < -0.4 is 15.1 Å². The number of benzene rings is 2. The number of fused-ring (bicyclic) bond motifs is 2. The molecule has 2 aromatic carbocycles. The van der Waals surface area contributed by atoms with Crippen LogP contribution in [0.25, 0.3) is 21.2 Å². The number of likely N-dealkylation sites (tertiary alicyclic amines) is 1. The van der Waals surface area contributed by atoms with E-state index in [1.807, 2.05) is 30.3 Å². The van der Waals surface area contributed by atoms with Crippen LogP contribution >= 0.6 is 11.3 Å². The Hall–Kier alpha value is -3.39. The lowest BCUT2D eigenvalue weighted by molar-refractivity contribution is 0.0592. The van der Waals surface area contributed by atoms with Crippen molar-refractivity contribution in [2.24, 2.45) is 0 Å². The molecule has 5 rings (SSSR count). The van der Waals surface area contributed by atoms with Gasteiger partial charge >= 0.3 is 5.63 Å². The molecule has 0 radical (unpaired) electrons. The van der Waals surface area contributed by atoms with Gasteiger partial charge in [-0.05, 0) is 24.3 Å². The van der Waals surface area contributed by atoms with Crippen molar-refractivity contribution >= 4 is 38.4 Å². The molecule has 1 amide bonds. The number of para-hydroxylation sites is 1. The van der Waals surface area contributed by atoms with E-state index < -0.39 is 5.63 Å². The van der Waals surface area contributed by atoms with Gasteiger partial charge in [-0.15, -0.1) is 0 Å². The van der Waals surface area contributed by atoms with Crippen LogP contribution in [-0.2, 0) is 0 Å². The predicted octanol–water partition coefficient (Wildman–Crippen LogP) is 4.09. The molecule has 31 heavy (non-hydrogen) atoms. The Bertz CT molecular complexity index is 1320. The second-order valence-electron chi connectivity index (χ2n) is 7.41. The molecule has 0 bridgehead atoms. The van der Waals surface area contributed by atoms with E-state index >= 15 is 0 Å². The Labute approximate surface area is 181 Å². The molecule has 0 atom stereocenters. The Morgan fingerprint density at radius 2 is 1.97 bits per heavy atom. The molecule has 3 heterocycles. The fourth-order valence-electron chi connectivity index (χ4n) is 3.76. The number of nitrogens with zero attached hydrogens (tertiary/aromatic N) is 2. The predicted molar refractivity (Wildman–Crippen MR) is 118 cm³/mol. The van der Waals surface area contributed by atoms with Gasteiger partial charge in [-0.2, -0.15) is 0 Å². The summed E-state index contributed by atoms with van der Waals surface area (Å²) < 4.78 is 17.7. The molecule has 4 aromatic rings. The van der Waals surface area contributed by atoms with Crippen LogP contribution in [0.1, 0.15) is 23.2 Å². The van der Waals surface area contributed by atoms with Crippen molar-refractivity contribution in [1.82, 2.24) is 9.88 Å². The quantitative estimate of drug-likeness (QED) is 0.448. The van der Waals surface area contributed by atoms with Gasteiger partial charge in [-0.3, -0.25) is 4.79 Å². The highest BCUT2D eigenvalue weighted by molar-refractivity contribution is 7.20. The first-order chi connectivity index (χ1) is 15.1. The Morgan fingerprint density at radius 1 is 1.16 bits per heavy atom. The zero-order valence-electron chi connectivity index (χ0n) is 16.9. The van der Waals surface area contributed by atoms with Gasteiger partial charge in [0, 0.05) is 37.4 Å². The van der Waals surface area contributed by atoms with Crippen molar-refractivity contribution in [3.8, 4) is 10.9 Å². The molecule has 158 valence electrons. The summed E-state index contributed by atoms with van der Waals surface area (Å²) >= 11 is 1.49. The highest BCUT2D eigenvalue weighted by atomic mass is 32.1. The third kappa shape index (κ3) is 3.86. The molecule has 0 N–H and O–H groups in total. The number of rotatable bonds is 4. The summed E-state index contributed by atoms with van der Waals surface area (Å²) in [5, 5.41) is 1.35. The van der Waals surface area contributed by atoms with E-state index in [4.69, 9.17) is 13.9 Å². The largest absolute Gasteiger partial charge is 0.497 e. The van der Waals surface area contributed by atoms with Crippen molar-refractivity contribution < 1.29 is 18.7 Å². The van der Waals surface area contributed by atoms with E-state index in [9.17, 15) is 9.59 Å². The Kier molecular flexibility index (Phi) is 5.07. The fraction of sp³-hybridized carbons (Fsp3) is 0.261. The van der Waals surface area contributed by atoms with Gasteiger partial charge in [0.25, 0.3) is 11.1 Å². The van der Waals surface area contributed by atoms with E-state index in [-0.39, 0.29) is 17.6 Å². The maximum atomic E-state index is 12.9. The molecule has 0 aliphatic carbocycles. The minimum atomic E-state index is -0.605. The van der Waals surface area contributed by atoms with Crippen molar-refractivity contribution in [3.05, 3.63) is 64.5 Å². The second kappa shape index (κ2) is 8.03. The SMILES string of the molecule is COc1ccc2sc(OC3CCN(C(=O)c4cc5ccccc5oc4=O)CC3)nc2c1. The van der Waals surface area contributed by atoms with Gasteiger partial charge in [0.15, 0.2) is 0 Å². The van der Waals surface area contributed by atoms with Gasteiger partial charge in [-0.1, -0.05) is 29.5 Å². The molecule has 1 saturated heterocycles. The summed E-state index contributed by atoms with van der Waals surface area (Å²) in [5.74, 6) is 0.458. The number of carbonyl (C=O) groups is 1. The number of thiazole rings is 1. The summed E-state index contributed by atoms with van der Waals surface area (Å²) in [6, 6.07) is 14.5. The van der Waals surface area contributed by atoms with Crippen LogP contribution in [0, 0.1) is 0 Å². The molecule has 1 aliphatic rings. The number of ether oxygens (including phenoxy) is 2. The number of carbonyl (C=O) groups excluding carboxylic acids is 1. The topological polar surface area (TPSA) is 81.9 Å². The minimum absolute atomic E-state index is 0.0282.